The van der Waals surface area contributed by atoms with Crippen LogP contribution in [-0.4, -0.2) is 35.5 Å². The number of halogens is 1. The lowest BCUT2D eigenvalue weighted by Crippen LogP contribution is -2.38. The molecule has 0 aliphatic carbocycles. The third-order valence-corrected chi connectivity index (χ3v) is 5.31. The SMILES string of the molecule is CCOc1ccc(CCC2CCN(C(=O)c3cc(Br)c[nH]3)CC2)cc1. The summed E-state index contributed by atoms with van der Waals surface area (Å²) in [5.41, 5.74) is 2.03. The first-order valence-electron chi connectivity index (χ1n) is 9.00. The van der Waals surface area contributed by atoms with Gasteiger partial charge in [-0.2, -0.15) is 0 Å². The fraction of sp³-hybridized carbons (Fsp3) is 0.450. The van der Waals surface area contributed by atoms with E-state index >= 15 is 0 Å². The van der Waals surface area contributed by atoms with Crippen LogP contribution >= 0.6 is 15.9 Å². The van der Waals surface area contributed by atoms with E-state index in [1.165, 1.54) is 12.0 Å². The number of nitrogens with zero attached hydrogens (tertiary/aromatic N) is 1. The number of ether oxygens (including phenoxy) is 1. The molecule has 0 unspecified atom stereocenters. The molecule has 134 valence electrons. The van der Waals surface area contributed by atoms with Crippen molar-refractivity contribution in [1.29, 1.82) is 0 Å². The van der Waals surface area contributed by atoms with Crippen LogP contribution in [0.4, 0.5) is 0 Å². The van der Waals surface area contributed by atoms with Crippen molar-refractivity contribution in [1.82, 2.24) is 9.88 Å². The molecule has 1 saturated heterocycles. The summed E-state index contributed by atoms with van der Waals surface area (Å²) < 4.78 is 6.40. The van der Waals surface area contributed by atoms with E-state index in [1.807, 2.05) is 17.9 Å². The summed E-state index contributed by atoms with van der Waals surface area (Å²) in [4.78, 5) is 17.4. The molecular formula is C20H25BrN2O2. The van der Waals surface area contributed by atoms with Gasteiger partial charge in [-0.3, -0.25) is 4.79 Å². The number of likely N-dealkylation sites (tertiary alicyclic amines) is 1. The molecule has 2 heterocycles. The molecule has 0 radical (unpaired) electrons. The Morgan fingerprint density at radius 3 is 2.60 bits per heavy atom. The standard InChI is InChI=1S/C20H25BrN2O2/c1-2-25-18-7-5-15(6-8-18)3-4-16-9-11-23(12-10-16)20(24)19-13-17(21)14-22-19/h5-8,13-14,16,22H,2-4,9-12H2,1H3. The third-order valence-electron chi connectivity index (χ3n) is 4.86. The zero-order chi connectivity index (χ0) is 17.6. The summed E-state index contributed by atoms with van der Waals surface area (Å²) in [7, 11) is 0. The van der Waals surface area contributed by atoms with Crippen LogP contribution in [0.2, 0.25) is 0 Å². The summed E-state index contributed by atoms with van der Waals surface area (Å²) in [6.07, 6.45) is 6.25. The average Bonchev–Trinajstić information content (AvgIpc) is 3.08. The Morgan fingerprint density at radius 2 is 2.00 bits per heavy atom. The minimum Gasteiger partial charge on any atom is -0.494 e. The summed E-state index contributed by atoms with van der Waals surface area (Å²) in [6, 6.07) is 10.3. The highest BCUT2D eigenvalue weighted by Crippen LogP contribution is 2.24. The van der Waals surface area contributed by atoms with Crippen molar-refractivity contribution in [2.45, 2.75) is 32.6 Å². The second-order valence-corrected chi connectivity index (χ2v) is 7.50. The molecule has 2 aromatic rings. The van der Waals surface area contributed by atoms with Crippen LogP contribution in [-0.2, 0) is 6.42 Å². The molecule has 0 atom stereocenters. The minimum absolute atomic E-state index is 0.107. The van der Waals surface area contributed by atoms with Crippen LogP contribution in [0.25, 0.3) is 0 Å². The predicted octanol–water partition coefficient (Wildman–Crippen LogP) is 4.66. The number of H-pyrrole nitrogens is 1. The number of benzene rings is 1. The molecule has 1 aromatic heterocycles. The number of carbonyl (C=O) groups excluding carboxylic acids is 1. The number of aryl methyl sites for hydroxylation is 1. The Balaban J connectivity index is 1.44. The van der Waals surface area contributed by atoms with Gasteiger partial charge < -0.3 is 14.6 Å². The lowest BCUT2D eigenvalue weighted by molar-refractivity contribution is 0.0681. The number of amides is 1. The Bertz CT molecular complexity index is 688. The van der Waals surface area contributed by atoms with Crippen LogP contribution in [0, 0.1) is 5.92 Å². The molecule has 4 nitrogen and oxygen atoms in total. The van der Waals surface area contributed by atoms with Gasteiger partial charge in [0.2, 0.25) is 0 Å². The molecule has 1 aliphatic heterocycles. The molecule has 0 saturated carbocycles. The fourth-order valence-corrected chi connectivity index (χ4v) is 3.72. The number of aromatic amines is 1. The Morgan fingerprint density at radius 1 is 1.28 bits per heavy atom. The van der Waals surface area contributed by atoms with Gasteiger partial charge in [0.25, 0.3) is 5.91 Å². The highest BCUT2D eigenvalue weighted by Gasteiger charge is 2.24. The molecular weight excluding hydrogens is 380 g/mol. The number of nitrogens with one attached hydrogen (secondary N) is 1. The van der Waals surface area contributed by atoms with Gasteiger partial charge in [-0.15, -0.1) is 0 Å². The number of hydrogen-bond donors (Lipinski definition) is 1. The first-order chi connectivity index (χ1) is 12.2. The fourth-order valence-electron chi connectivity index (χ4n) is 3.38. The zero-order valence-corrected chi connectivity index (χ0v) is 16.2. The molecule has 1 amide bonds. The maximum atomic E-state index is 12.4. The lowest BCUT2D eigenvalue weighted by Gasteiger charge is -2.31. The van der Waals surface area contributed by atoms with Gasteiger partial charge in [-0.05, 0) is 78.2 Å². The molecule has 25 heavy (non-hydrogen) atoms. The monoisotopic (exact) mass is 404 g/mol. The Hall–Kier alpha value is -1.75. The molecule has 0 bridgehead atoms. The van der Waals surface area contributed by atoms with E-state index in [1.54, 1.807) is 6.20 Å². The van der Waals surface area contributed by atoms with E-state index in [9.17, 15) is 4.79 Å². The van der Waals surface area contributed by atoms with Gasteiger partial charge in [-0.25, -0.2) is 0 Å². The molecule has 1 N–H and O–H groups in total. The van der Waals surface area contributed by atoms with Crippen molar-refractivity contribution in [2.75, 3.05) is 19.7 Å². The molecule has 0 spiro atoms. The third kappa shape index (κ3) is 4.88. The van der Waals surface area contributed by atoms with Crippen LogP contribution in [0.15, 0.2) is 41.0 Å². The first-order valence-corrected chi connectivity index (χ1v) is 9.80. The summed E-state index contributed by atoms with van der Waals surface area (Å²) >= 11 is 3.38. The van der Waals surface area contributed by atoms with Gasteiger partial charge in [-0.1, -0.05) is 12.1 Å². The second kappa shape index (κ2) is 8.56. The van der Waals surface area contributed by atoms with Crippen LogP contribution in [0.1, 0.15) is 42.2 Å². The summed E-state index contributed by atoms with van der Waals surface area (Å²) in [6.45, 7) is 4.41. The van der Waals surface area contributed by atoms with Crippen molar-refractivity contribution in [3.05, 3.63) is 52.3 Å². The van der Waals surface area contributed by atoms with Gasteiger partial charge in [0.05, 0.1) is 6.61 Å². The van der Waals surface area contributed by atoms with Gasteiger partial charge in [0, 0.05) is 23.8 Å². The highest BCUT2D eigenvalue weighted by molar-refractivity contribution is 9.10. The number of aromatic nitrogens is 1. The van der Waals surface area contributed by atoms with Crippen molar-refractivity contribution in [2.24, 2.45) is 5.92 Å². The molecule has 5 heteroatoms. The van der Waals surface area contributed by atoms with E-state index in [0.717, 1.165) is 42.6 Å². The summed E-state index contributed by atoms with van der Waals surface area (Å²) in [5.74, 6) is 1.75. The van der Waals surface area contributed by atoms with Crippen LogP contribution in [0.5, 0.6) is 5.75 Å². The maximum Gasteiger partial charge on any atom is 0.270 e. The number of rotatable bonds is 6. The molecule has 3 rings (SSSR count). The van der Waals surface area contributed by atoms with E-state index in [0.29, 0.717) is 18.2 Å². The smallest absolute Gasteiger partial charge is 0.270 e. The Labute approximate surface area is 157 Å². The zero-order valence-electron chi connectivity index (χ0n) is 14.6. The second-order valence-electron chi connectivity index (χ2n) is 6.58. The van der Waals surface area contributed by atoms with Gasteiger partial charge >= 0.3 is 0 Å². The Kier molecular flexibility index (Phi) is 6.19. The van der Waals surface area contributed by atoms with Crippen molar-refractivity contribution in [3.8, 4) is 5.75 Å². The van der Waals surface area contributed by atoms with E-state index in [4.69, 9.17) is 4.74 Å². The predicted molar refractivity (Wildman–Crippen MR) is 103 cm³/mol. The summed E-state index contributed by atoms with van der Waals surface area (Å²) in [5, 5.41) is 0. The molecule has 1 aromatic carbocycles. The van der Waals surface area contributed by atoms with Gasteiger partial charge in [0.1, 0.15) is 11.4 Å². The van der Waals surface area contributed by atoms with E-state index in [-0.39, 0.29) is 5.91 Å². The van der Waals surface area contributed by atoms with Crippen molar-refractivity contribution >= 4 is 21.8 Å². The van der Waals surface area contributed by atoms with Crippen LogP contribution in [0.3, 0.4) is 0 Å². The van der Waals surface area contributed by atoms with Crippen molar-refractivity contribution in [3.63, 3.8) is 0 Å². The highest BCUT2D eigenvalue weighted by atomic mass is 79.9. The van der Waals surface area contributed by atoms with E-state index < -0.39 is 0 Å². The van der Waals surface area contributed by atoms with Crippen molar-refractivity contribution < 1.29 is 9.53 Å². The lowest BCUT2D eigenvalue weighted by atomic mass is 9.90. The minimum atomic E-state index is 0.107. The van der Waals surface area contributed by atoms with Crippen LogP contribution < -0.4 is 4.74 Å². The normalized spacial score (nSPS) is 15.4. The maximum absolute atomic E-state index is 12.4. The molecule has 1 aliphatic rings. The molecule has 1 fully saturated rings. The van der Waals surface area contributed by atoms with Gasteiger partial charge in [0.15, 0.2) is 0 Å². The number of piperidine rings is 1. The number of carbonyl (C=O) groups is 1. The largest absolute Gasteiger partial charge is 0.494 e. The number of hydrogen-bond acceptors (Lipinski definition) is 2. The average molecular weight is 405 g/mol. The first kappa shape index (κ1) is 18.1. The quantitative estimate of drug-likeness (QED) is 0.760. The topological polar surface area (TPSA) is 45.3 Å². The van der Waals surface area contributed by atoms with E-state index in [2.05, 4.69) is 45.2 Å².